The van der Waals surface area contributed by atoms with Gasteiger partial charge in [-0.05, 0) is 33.4 Å². The Labute approximate surface area is 121 Å². The van der Waals surface area contributed by atoms with Crippen LogP contribution in [-0.4, -0.2) is 61.7 Å². The molecule has 20 heavy (non-hydrogen) atoms. The molecule has 2 rings (SSSR count). The molecule has 1 saturated heterocycles. The van der Waals surface area contributed by atoms with Crippen molar-refractivity contribution in [1.29, 1.82) is 0 Å². The molecule has 0 aliphatic carbocycles. The summed E-state index contributed by atoms with van der Waals surface area (Å²) in [6.07, 6.45) is 4.11. The van der Waals surface area contributed by atoms with Crippen molar-refractivity contribution in [3.8, 4) is 5.75 Å². The third-order valence-corrected chi connectivity index (χ3v) is 3.85. The Bertz CT molecular complexity index is 440. The summed E-state index contributed by atoms with van der Waals surface area (Å²) in [7, 11) is 5.91. The molecule has 0 aromatic carbocycles. The van der Waals surface area contributed by atoms with Gasteiger partial charge in [0.1, 0.15) is 6.33 Å². The number of nitrogens with zero attached hydrogens (tertiary/aromatic N) is 4. The topological polar surface area (TPSA) is 53.5 Å². The van der Waals surface area contributed by atoms with E-state index in [1.54, 1.807) is 13.4 Å². The smallest absolute Gasteiger partial charge is 0.204 e. The van der Waals surface area contributed by atoms with Crippen LogP contribution in [0, 0.1) is 0 Å². The van der Waals surface area contributed by atoms with Gasteiger partial charge < -0.3 is 19.9 Å². The number of hydrogen-bond acceptors (Lipinski definition) is 6. The number of aromatic nitrogens is 2. The second kappa shape index (κ2) is 6.74. The molecule has 1 aromatic heterocycles. The Morgan fingerprint density at radius 3 is 2.90 bits per heavy atom. The molecule has 112 valence electrons. The maximum Gasteiger partial charge on any atom is 0.204 e. The van der Waals surface area contributed by atoms with Crippen molar-refractivity contribution in [2.24, 2.45) is 0 Å². The van der Waals surface area contributed by atoms with E-state index in [1.165, 1.54) is 19.4 Å². The first-order valence-electron chi connectivity index (χ1n) is 7.21. The molecule has 1 fully saturated rings. The quantitative estimate of drug-likeness (QED) is 0.850. The second-order valence-corrected chi connectivity index (χ2v) is 5.27. The van der Waals surface area contributed by atoms with Crippen molar-refractivity contribution >= 4 is 11.6 Å². The van der Waals surface area contributed by atoms with Gasteiger partial charge in [0.2, 0.25) is 5.75 Å². The molecular formula is C14H25N5O. The van der Waals surface area contributed by atoms with E-state index in [0.29, 0.717) is 6.04 Å². The number of nitrogens with one attached hydrogen (secondary N) is 1. The Morgan fingerprint density at radius 2 is 2.30 bits per heavy atom. The van der Waals surface area contributed by atoms with Gasteiger partial charge >= 0.3 is 0 Å². The van der Waals surface area contributed by atoms with Gasteiger partial charge in [-0.25, -0.2) is 9.97 Å². The van der Waals surface area contributed by atoms with Gasteiger partial charge in [0.05, 0.1) is 7.11 Å². The van der Waals surface area contributed by atoms with Crippen LogP contribution < -0.4 is 15.0 Å². The third-order valence-electron chi connectivity index (χ3n) is 3.85. The fourth-order valence-electron chi connectivity index (χ4n) is 2.73. The lowest BCUT2D eigenvalue weighted by Crippen LogP contribution is -2.37. The van der Waals surface area contributed by atoms with E-state index in [4.69, 9.17) is 4.74 Å². The van der Waals surface area contributed by atoms with E-state index in [1.807, 2.05) is 6.92 Å². The second-order valence-electron chi connectivity index (χ2n) is 5.27. The highest BCUT2D eigenvalue weighted by Crippen LogP contribution is 2.31. The van der Waals surface area contributed by atoms with Crippen LogP contribution in [0.5, 0.6) is 5.75 Å². The van der Waals surface area contributed by atoms with Crippen LogP contribution in [0.25, 0.3) is 0 Å². The largest absolute Gasteiger partial charge is 0.490 e. The molecule has 0 amide bonds. The van der Waals surface area contributed by atoms with Gasteiger partial charge in [-0.2, -0.15) is 0 Å². The zero-order valence-electron chi connectivity index (χ0n) is 12.9. The Morgan fingerprint density at radius 1 is 1.50 bits per heavy atom. The SMILES string of the molecule is CCNc1ncnc(N(C)CC2CCCN2C)c1OC. The lowest BCUT2D eigenvalue weighted by atomic mass is 10.2. The lowest BCUT2D eigenvalue weighted by molar-refractivity contribution is 0.313. The first-order valence-corrected chi connectivity index (χ1v) is 7.21. The van der Waals surface area contributed by atoms with Crippen LogP contribution in [0.15, 0.2) is 6.33 Å². The van der Waals surface area contributed by atoms with Crippen molar-refractivity contribution in [3.05, 3.63) is 6.33 Å². The fraction of sp³-hybridized carbons (Fsp3) is 0.714. The summed E-state index contributed by atoms with van der Waals surface area (Å²) in [5.41, 5.74) is 0. The van der Waals surface area contributed by atoms with Crippen molar-refractivity contribution in [2.75, 3.05) is 51.1 Å². The average molecular weight is 279 g/mol. The van der Waals surface area contributed by atoms with Gasteiger partial charge in [-0.15, -0.1) is 0 Å². The van der Waals surface area contributed by atoms with Crippen LogP contribution >= 0.6 is 0 Å². The maximum absolute atomic E-state index is 5.50. The van der Waals surface area contributed by atoms with Gasteiger partial charge in [-0.3, -0.25) is 0 Å². The summed E-state index contributed by atoms with van der Waals surface area (Å²) in [6.45, 7) is 4.98. The molecule has 1 aliphatic heterocycles. The molecule has 0 bridgehead atoms. The number of likely N-dealkylation sites (N-methyl/N-ethyl adjacent to an activating group) is 2. The van der Waals surface area contributed by atoms with Crippen molar-refractivity contribution < 1.29 is 4.74 Å². The standard InChI is InChI=1S/C14H25N5O/c1-5-15-13-12(20-4)14(17-10-16-13)19(3)9-11-7-6-8-18(11)2/h10-11H,5-9H2,1-4H3,(H,15,16,17). The average Bonchev–Trinajstić information content (AvgIpc) is 2.84. The predicted molar refractivity (Wildman–Crippen MR) is 81.7 cm³/mol. The number of hydrogen-bond donors (Lipinski definition) is 1. The van der Waals surface area contributed by atoms with Crippen LogP contribution in [0.1, 0.15) is 19.8 Å². The van der Waals surface area contributed by atoms with Gasteiger partial charge in [0.25, 0.3) is 0 Å². The summed E-state index contributed by atoms with van der Waals surface area (Å²) < 4.78 is 5.50. The normalized spacial score (nSPS) is 19.1. The molecule has 0 saturated carbocycles. The molecule has 1 unspecified atom stereocenters. The van der Waals surface area contributed by atoms with Crippen LogP contribution in [0.4, 0.5) is 11.6 Å². The number of methoxy groups -OCH3 is 1. The molecule has 0 spiro atoms. The number of likely N-dealkylation sites (tertiary alicyclic amines) is 1. The molecular weight excluding hydrogens is 254 g/mol. The van der Waals surface area contributed by atoms with E-state index in [0.717, 1.165) is 30.5 Å². The predicted octanol–water partition coefficient (Wildman–Crippen LogP) is 1.45. The highest BCUT2D eigenvalue weighted by Gasteiger charge is 2.24. The van der Waals surface area contributed by atoms with Crippen LogP contribution in [0.3, 0.4) is 0 Å². The fourth-order valence-corrected chi connectivity index (χ4v) is 2.73. The number of anilines is 2. The molecule has 0 radical (unpaired) electrons. The third kappa shape index (κ3) is 3.12. The maximum atomic E-state index is 5.50. The zero-order chi connectivity index (χ0) is 14.5. The Balaban J connectivity index is 2.16. The van der Waals surface area contributed by atoms with Crippen LogP contribution in [0.2, 0.25) is 0 Å². The minimum absolute atomic E-state index is 0.585. The highest BCUT2D eigenvalue weighted by atomic mass is 16.5. The Kier molecular flexibility index (Phi) is 5.00. The summed E-state index contributed by atoms with van der Waals surface area (Å²) in [5.74, 6) is 2.32. The van der Waals surface area contributed by atoms with Crippen LogP contribution in [-0.2, 0) is 0 Å². The van der Waals surface area contributed by atoms with Crippen molar-refractivity contribution in [3.63, 3.8) is 0 Å². The molecule has 1 aromatic rings. The summed E-state index contributed by atoms with van der Waals surface area (Å²) >= 11 is 0. The van der Waals surface area contributed by atoms with Gasteiger partial charge in [0, 0.05) is 26.2 Å². The summed E-state index contributed by atoms with van der Waals surface area (Å²) in [6, 6.07) is 0.585. The van der Waals surface area contributed by atoms with E-state index >= 15 is 0 Å². The molecule has 6 nitrogen and oxygen atoms in total. The van der Waals surface area contributed by atoms with E-state index in [9.17, 15) is 0 Å². The minimum Gasteiger partial charge on any atom is -0.490 e. The number of rotatable bonds is 6. The number of ether oxygens (including phenoxy) is 1. The Hall–Kier alpha value is -1.56. The molecule has 1 N–H and O–H groups in total. The van der Waals surface area contributed by atoms with E-state index in [2.05, 4.69) is 39.2 Å². The monoisotopic (exact) mass is 279 g/mol. The first-order chi connectivity index (χ1) is 9.67. The summed E-state index contributed by atoms with van der Waals surface area (Å²) in [5, 5.41) is 3.21. The molecule has 6 heteroatoms. The lowest BCUT2D eigenvalue weighted by Gasteiger charge is -2.27. The first kappa shape index (κ1) is 14.8. The minimum atomic E-state index is 0.585. The van der Waals surface area contributed by atoms with Crippen molar-refractivity contribution in [1.82, 2.24) is 14.9 Å². The molecule has 1 aliphatic rings. The molecule has 1 atom stereocenters. The zero-order valence-corrected chi connectivity index (χ0v) is 12.9. The van der Waals surface area contributed by atoms with Gasteiger partial charge in [0.15, 0.2) is 11.6 Å². The molecule has 2 heterocycles. The summed E-state index contributed by atoms with van der Waals surface area (Å²) in [4.78, 5) is 13.2. The van der Waals surface area contributed by atoms with E-state index < -0.39 is 0 Å². The van der Waals surface area contributed by atoms with Gasteiger partial charge in [-0.1, -0.05) is 0 Å². The highest BCUT2D eigenvalue weighted by molar-refractivity contribution is 5.64. The van der Waals surface area contributed by atoms with E-state index in [-0.39, 0.29) is 0 Å². The van der Waals surface area contributed by atoms with Crippen molar-refractivity contribution in [2.45, 2.75) is 25.8 Å².